The molecule has 0 aliphatic heterocycles. The molecule has 3 rings (SSSR count). The number of hydrogen-bond acceptors (Lipinski definition) is 4. The van der Waals surface area contributed by atoms with Crippen LogP contribution < -0.4 is 9.62 Å². The maximum Gasteiger partial charge on any atom is 0.243 e. The van der Waals surface area contributed by atoms with Gasteiger partial charge in [0.15, 0.2) is 0 Å². The summed E-state index contributed by atoms with van der Waals surface area (Å²) in [5.74, 6) is -0.540. The summed E-state index contributed by atoms with van der Waals surface area (Å²) in [6.07, 6.45) is 2.48. The second kappa shape index (κ2) is 15.2. The van der Waals surface area contributed by atoms with Crippen molar-refractivity contribution in [2.75, 3.05) is 17.1 Å². The van der Waals surface area contributed by atoms with Crippen LogP contribution in [0.25, 0.3) is 0 Å². The van der Waals surface area contributed by atoms with Gasteiger partial charge in [-0.05, 0) is 55.2 Å². The number of benzene rings is 3. The largest absolute Gasteiger partial charge is 0.352 e. The summed E-state index contributed by atoms with van der Waals surface area (Å²) < 4.78 is 26.4. The molecule has 0 aliphatic rings. The van der Waals surface area contributed by atoms with Crippen LogP contribution in [0.2, 0.25) is 10.0 Å². The molecule has 0 aliphatic carbocycles. The Labute approximate surface area is 253 Å². The zero-order chi connectivity index (χ0) is 30.0. The van der Waals surface area contributed by atoms with Crippen molar-refractivity contribution in [1.82, 2.24) is 10.2 Å². The Morgan fingerprint density at radius 2 is 1.59 bits per heavy atom. The van der Waals surface area contributed by atoms with E-state index in [4.69, 9.17) is 23.2 Å². The smallest absolute Gasteiger partial charge is 0.243 e. The van der Waals surface area contributed by atoms with E-state index in [0.717, 1.165) is 18.2 Å². The van der Waals surface area contributed by atoms with E-state index < -0.39 is 16.1 Å². The van der Waals surface area contributed by atoms with Gasteiger partial charge in [-0.25, -0.2) is 8.42 Å². The van der Waals surface area contributed by atoms with Crippen molar-refractivity contribution in [1.29, 1.82) is 0 Å². The first kappa shape index (κ1) is 32.4. The predicted molar refractivity (Wildman–Crippen MR) is 167 cm³/mol. The molecule has 1 N–H and O–H groups in total. The highest BCUT2D eigenvalue weighted by Gasteiger charge is 2.31. The molecule has 0 bridgehead atoms. The topological polar surface area (TPSA) is 86.8 Å². The number of carbonyl (C=O) groups excluding carboxylic acids is 2. The minimum Gasteiger partial charge on any atom is -0.352 e. The molecule has 41 heavy (non-hydrogen) atoms. The number of anilines is 1. The number of halogens is 2. The van der Waals surface area contributed by atoms with Gasteiger partial charge < -0.3 is 10.2 Å². The lowest BCUT2D eigenvalue weighted by Gasteiger charge is -2.33. The number of rotatable bonds is 14. The third kappa shape index (κ3) is 9.76. The van der Waals surface area contributed by atoms with Gasteiger partial charge in [-0.1, -0.05) is 84.7 Å². The van der Waals surface area contributed by atoms with E-state index >= 15 is 0 Å². The molecule has 220 valence electrons. The van der Waals surface area contributed by atoms with Crippen molar-refractivity contribution < 1.29 is 18.0 Å². The van der Waals surface area contributed by atoms with Gasteiger partial charge in [-0.2, -0.15) is 0 Å². The molecule has 0 aromatic heterocycles. The lowest BCUT2D eigenvalue weighted by molar-refractivity contribution is -0.141. The molecule has 3 aromatic carbocycles. The van der Waals surface area contributed by atoms with Crippen molar-refractivity contribution in [3.63, 3.8) is 0 Å². The molecule has 0 fully saturated rings. The molecule has 2 amide bonds. The molecule has 0 saturated carbocycles. The number of nitrogens with one attached hydrogen (secondary N) is 1. The second-order valence-electron chi connectivity index (χ2n) is 10.1. The summed E-state index contributed by atoms with van der Waals surface area (Å²) in [6, 6.07) is 22.5. The van der Waals surface area contributed by atoms with Gasteiger partial charge in [0.05, 0.1) is 11.9 Å². The van der Waals surface area contributed by atoms with E-state index in [2.05, 4.69) is 5.32 Å². The van der Waals surface area contributed by atoms with Gasteiger partial charge in [-0.3, -0.25) is 13.9 Å². The molecule has 0 saturated heterocycles. The van der Waals surface area contributed by atoms with E-state index in [-0.39, 0.29) is 43.8 Å². The van der Waals surface area contributed by atoms with Crippen LogP contribution in [0.4, 0.5) is 5.69 Å². The maximum atomic E-state index is 13.9. The molecular formula is C31H37Cl2N3O4S. The summed E-state index contributed by atoms with van der Waals surface area (Å²) in [7, 11) is -3.57. The first-order valence-electron chi connectivity index (χ1n) is 13.6. The molecule has 0 unspecified atom stereocenters. The highest BCUT2D eigenvalue weighted by Crippen LogP contribution is 2.25. The monoisotopic (exact) mass is 617 g/mol. The van der Waals surface area contributed by atoms with E-state index in [0.29, 0.717) is 27.7 Å². The number of para-hydroxylation sites is 1. The fourth-order valence-corrected chi connectivity index (χ4v) is 5.86. The Morgan fingerprint density at radius 1 is 0.951 bits per heavy atom. The third-order valence-corrected chi connectivity index (χ3v) is 8.61. The Bertz CT molecular complexity index is 1410. The lowest BCUT2D eigenvalue weighted by Crippen LogP contribution is -2.52. The summed E-state index contributed by atoms with van der Waals surface area (Å²) >= 11 is 12.6. The summed E-state index contributed by atoms with van der Waals surface area (Å²) in [5, 5.41) is 3.89. The fraction of sp³-hybridized carbons (Fsp3) is 0.355. The zero-order valence-electron chi connectivity index (χ0n) is 23.6. The molecule has 7 nitrogen and oxygen atoms in total. The van der Waals surface area contributed by atoms with Crippen LogP contribution in [-0.4, -0.2) is 50.0 Å². The van der Waals surface area contributed by atoms with Crippen molar-refractivity contribution in [3.05, 3.63) is 100 Å². The lowest BCUT2D eigenvalue weighted by atomic mass is 10.0. The van der Waals surface area contributed by atoms with Gasteiger partial charge >= 0.3 is 0 Å². The molecule has 0 heterocycles. The van der Waals surface area contributed by atoms with Crippen LogP contribution in [0.15, 0.2) is 78.9 Å². The first-order chi connectivity index (χ1) is 19.5. The summed E-state index contributed by atoms with van der Waals surface area (Å²) in [4.78, 5) is 29.1. The van der Waals surface area contributed by atoms with Crippen LogP contribution in [-0.2, 0) is 32.6 Å². The Kier molecular flexibility index (Phi) is 12.1. The SMILES string of the molecule is CC[C@@H](C)NC(=O)[C@H](Cc1ccccc1)N(Cc1ccc(Cl)cc1Cl)C(=O)CCCN(c1ccccc1)S(C)(=O)=O. The Morgan fingerprint density at radius 3 is 2.17 bits per heavy atom. The quantitative estimate of drug-likeness (QED) is 0.237. The predicted octanol–water partition coefficient (Wildman–Crippen LogP) is 6.09. The van der Waals surface area contributed by atoms with Gasteiger partial charge in [0.25, 0.3) is 0 Å². The maximum absolute atomic E-state index is 13.9. The van der Waals surface area contributed by atoms with Crippen molar-refractivity contribution in [2.24, 2.45) is 0 Å². The molecule has 0 radical (unpaired) electrons. The van der Waals surface area contributed by atoms with E-state index in [9.17, 15) is 18.0 Å². The van der Waals surface area contributed by atoms with Crippen molar-refractivity contribution in [2.45, 2.75) is 58.2 Å². The minimum absolute atomic E-state index is 0.0337. The highest BCUT2D eigenvalue weighted by molar-refractivity contribution is 7.92. The Balaban J connectivity index is 1.91. The van der Waals surface area contributed by atoms with Gasteiger partial charge in [0, 0.05) is 42.0 Å². The number of hydrogen-bond donors (Lipinski definition) is 1. The van der Waals surface area contributed by atoms with Crippen LogP contribution in [0.1, 0.15) is 44.2 Å². The van der Waals surface area contributed by atoms with Gasteiger partial charge in [0.2, 0.25) is 21.8 Å². The van der Waals surface area contributed by atoms with Crippen LogP contribution in [0.5, 0.6) is 0 Å². The first-order valence-corrected chi connectivity index (χ1v) is 16.2. The standard InChI is InChI=1S/C31H37Cl2N3O4S/c1-4-23(2)34-31(38)29(20-24-12-7-5-8-13-24)35(22-25-17-18-26(32)21-28(25)33)30(37)16-11-19-36(41(3,39)40)27-14-9-6-10-15-27/h5-10,12-15,17-18,21,23,29H,4,11,16,19-20,22H2,1-3H3,(H,34,38)/t23-,29+/m1/s1. The van der Waals surface area contributed by atoms with Gasteiger partial charge in [0.1, 0.15) is 6.04 Å². The van der Waals surface area contributed by atoms with Crippen LogP contribution in [0.3, 0.4) is 0 Å². The number of nitrogens with zero attached hydrogens (tertiary/aromatic N) is 2. The normalized spacial score (nSPS) is 12.8. The second-order valence-corrected chi connectivity index (χ2v) is 12.8. The van der Waals surface area contributed by atoms with Gasteiger partial charge in [-0.15, -0.1) is 0 Å². The van der Waals surface area contributed by atoms with E-state index in [1.807, 2.05) is 50.2 Å². The minimum atomic E-state index is -3.57. The van der Waals surface area contributed by atoms with Crippen molar-refractivity contribution in [3.8, 4) is 0 Å². The van der Waals surface area contributed by atoms with Crippen LogP contribution >= 0.6 is 23.2 Å². The molecular weight excluding hydrogens is 581 g/mol. The Hall–Kier alpha value is -3.07. The van der Waals surface area contributed by atoms with Crippen LogP contribution in [0, 0.1) is 0 Å². The number of sulfonamides is 1. The molecule has 3 aromatic rings. The third-order valence-electron chi connectivity index (χ3n) is 6.82. The average molecular weight is 619 g/mol. The summed E-state index contributed by atoms with van der Waals surface area (Å²) in [5.41, 5.74) is 2.09. The zero-order valence-corrected chi connectivity index (χ0v) is 25.9. The molecule has 2 atom stereocenters. The molecule has 0 spiro atoms. The highest BCUT2D eigenvalue weighted by atomic mass is 35.5. The fourth-order valence-electron chi connectivity index (χ4n) is 4.43. The number of amides is 2. The molecule has 10 heteroatoms. The van der Waals surface area contributed by atoms with E-state index in [1.54, 1.807) is 47.4 Å². The van der Waals surface area contributed by atoms with Crippen molar-refractivity contribution >= 4 is 50.7 Å². The van der Waals surface area contributed by atoms with E-state index in [1.165, 1.54) is 4.31 Å². The summed E-state index contributed by atoms with van der Waals surface area (Å²) in [6.45, 7) is 4.11. The average Bonchev–Trinajstić information content (AvgIpc) is 2.94. The number of carbonyl (C=O) groups is 2.